The molecule has 1 aliphatic rings. The molecule has 3 aromatic carbocycles. The number of carbonyl (C=O) groups is 3. The Bertz CT molecular complexity index is 1200. The fourth-order valence-corrected chi connectivity index (χ4v) is 5.15. The molecule has 0 aromatic heterocycles. The van der Waals surface area contributed by atoms with E-state index in [0.717, 1.165) is 16.7 Å². The second kappa shape index (κ2) is 14.7. The van der Waals surface area contributed by atoms with Crippen molar-refractivity contribution in [1.29, 1.82) is 0 Å². The number of hydrogen-bond donors (Lipinski definition) is 0. The summed E-state index contributed by atoms with van der Waals surface area (Å²) in [5.41, 5.74) is 1.47. The molecule has 0 amide bonds. The summed E-state index contributed by atoms with van der Waals surface area (Å²) in [5, 5.41) is 0. The van der Waals surface area contributed by atoms with Crippen LogP contribution in [0.1, 0.15) is 37.5 Å². The minimum Gasteiger partial charge on any atom is -0.456 e. The number of hydrogen-bond acceptors (Lipinski definition) is 9. The van der Waals surface area contributed by atoms with Crippen molar-refractivity contribution >= 4 is 17.9 Å². The summed E-state index contributed by atoms with van der Waals surface area (Å²) >= 11 is 0. The van der Waals surface area contributed by atoms with E-state index in [9.17, 15) is 14.4 Å². The zero-order valence-electron chi connectivity index (χ0n) is 23.9. The van der Waals surface area contributed by atoms with Gasteiger partial charge < -0.3 is 33.9 Å². The van der Waals surface area contributed by atoms with Crippen molar-refractivity contribution in [3.8, 4) is 0 Å². The van der Waals surface area contributed by atoms with E-state index in [1.54, 1.807) is 0 Å². The van der Waals surface area contributed by atoms with Crippen LogP contribution < -0.4 is 0 Å². The van der Waals surface area contributed by atoms with E-state index in [1.165, 1.54) is 27.9 Å². The molecule has 0 bridgehead atoms. The summed E-state index contributed by atoms with van der Waals surface area (Å²) in [4.78, 5) is 36.3. The van der Waals surface area contributed by atoms with Crippen LogP contribution in [0.4, 0.5) is 0 Å². The van der Waals surface area contributed by atoms with Crippen LogP contribution in [0.25, 0.3) is 0 Å². The van der Waals surface area contributed by atoms with Gasteiger partial charge >= 0.3 is 17.9 Å². The second-order valence-electron chi connectivity index (χ2n) is 9.59. The molecule has 10 heteroatoms. The molecule has 224 valence electrons. The van der Waals surface area contributed by atoms with Gasteiger partial charge in [-0.3, -0.25) is 14.4 Å². The Morgan fingerprint density at radius 3 is 1.40 bits per heavy atom. The number of ether oxygens (including phenoxy) is 6. The van der Waals surface area contributed by atoms with Crippen LogP contribution in [0.3, 0.4) is 0 Å². The number of rotatable bonds is 10. The normalized spacial score (nSPS) is 21.9. The van der Waals surface area contributed by atoms with Gasteiger partial charge in [0.2, 0.25) is 0 Å². The predicted molar refractivity (Wildman–Crippen MR) is 151 cm³/mol. The summed E-state index contributed by atoms with van der Waals surface area (Å²) in [6.07, 6.45) is -5.69. The van der Waals surface area contributed by atoms with Gasteiger partial charge in [0, 0.05) is 27.9 Å². The largest absolute Gasteiger partial charge is 0.456 e. The van der Waals surface area contributed by atoms with E-state index < -0.39 is 54.2 Å². The van der Waals surface area contributed by atoms with Gasteiger partial charge in [-0.1, -0.05) is 91.0 Å². The standard InChI is InChI=1S/C32H34O9.H2O/c1-21(33)38-28-27(41-31(36-4)30(40-23(3)35)29(28)39-22(2)34)20-37-32(24-14-8-5-9-15-24,25-16-10-6-11-17-25)26-18-12-7-13-19-26;/h5-19,27-31H,20H2,1-4H3;1H2. The summed E-state index contributed by atoms with van der Waals surface area (Å²) in [5.74, 6) is -1.95. The molecule has 1 saturated heterocycles. The van der Waals surface area contributed by atoms with Crippen molar-refractivity contribution < 1.29 is 48.3 Å². The van der Waals surface area contributed by atoms with E-state index >= 15 is 0 Å². The summed E-state index contributed by atoms with van der Waals surface area (Å²) in [6.45, 7) is 3.53. The Hall–Kier alpha value is -4.09. The van der Waals surface area contributed by atoms with Crippen molar-refractivity contribution in [3.05, 3.63) is 108 Å². The van der Waals surface area contributed by atoms with Crippen LogP contribution >= 0.6 is 0 Å². The first-order chi connectivity index (χ1) is 19.8. The Balaban J connectivity index is 0.00000484. The summed E-state index contributed by atoms with van der Waals surface area (Å²) in [6, 6.07) is 29.2. The summed E-state index contributed by atoms with van der Waals surface area (Å²) in [7, 11) is 1.37. The number of benzene rings is 3. The molecular formula is C32H36O10. The number of methoxy groups -OCH3 is 1. The van der Waals surface area contributed by atoms with E-state index in [1.807, 2.05) is 91.0 Å². The molecule has 0 spiro atoms. The SMILES string of the molecule is COC1OC(COC(c2ccccc2)(c2ccccc2)c2ccccc2)C(OC(C)=O)C(OC(C)=O)C1OC(C)=O.O. The lowest BCUT2D eigenvalue weighted by molar-refractivity contribution is -0.306. The topological polar surface area (TPSA) is 138 Å². The highest BCUT2D eigenvalue weighted by Crippen LogP contribution is 2.41. The first kappa shape index (κ1) is 32.4. The van der Waals surface area contributed by atoms with Gasteiger partial charge in [-0.05, 0) is 16.7 Å². The molecule has 5 atom stereocenters. The molecular weight excluding hydrogens is 544 g/mol. The Morgan fingerprint density at radius 2 is 1.02 bits per heavy atom. The first-order valence-electron chi connectivity index (χ1n) is 13.3. The molecule has 0 radical (unpaired) electrons. The minimum absolute atomic E-state index is 0. The van der Waals surface area contributed by atoms with Gasteiger partial charge in [0.25, 0.3) is 0 Å². The quantitative estimate of drug-likeness (QED) is 0.201. The van der Waals surface area contributed by atoms with Gasteiger partial charge in [0.15, 0.2) is 24.6 Å². The van der Waals surface area contributed by atoms with Gasteiger partial charge in [0.1, 0.15) is 11.7 Å². The summed E-state index contributed by atoms with van der Waals surface area (Å²) < 4.78 is 35.2. The van der Waals surface area contributed by atoms with Gasteiger partial charge in [-0.25, -0.2) is 0 Å². The molecule has 10 nitrogen and oxygen atoms in total. The van der Waals surface area contributed by atoms with Crippen LogP contribution in [0.5, 0.6) is 0 Å². The zero-order valence-corrected chi connectivity index (χ0v) is 23.9. The molecule has 1 heterocycles. The molecule has 1 aliphatic heterocycles. The molecule has 3 aromatic rings. The maximum Gasteiger partial charge on any atom is 0.303 e. The highest BCUT2D eigenvalue weighted by Gasteiger charge is 2.53. The zero-order chi connectivity index (χ0) is 29.4. The van der Waals surface area contributed by atoms with Crippen LogP contribution in [0.15, 0.2) is 91.0 Å². The third kappa shape index (κ3) is 7.21. The third-order valence-corrected chi connectivity index (χ3v) is 6.73. The molecule has 2 N–H and O–H groups in total. The molecule has 42 heavy (non-hydrogen) atoms. The molecule has 4 rings (SSSR count). The third-order valence-electron chi connectivity index (χ3n) is 6.73. The van der Waals surface area contributed by atoms with Gasteiger partial charge in [-0.2, -0.15) is 0 Å². The van der Waals surface area contributed by atoms with Crippen molar-refractivity contribution in [2.24, 2.45) is 0 Å². The first-order valence-corrected chi connectivity index (χ1v) is 13.3. The Labute approximate surface area is 244 Å². The fraction of sp³-hybridized carbons (Fsp3) is 0.344. The number of carbonyl (C=O) groups excluding carboxylic acids is 3. The lowest BCUT2D eigenvalue weighted by Crippen LogP contribution is -2.63. The Morgan fingerprint density at radius 1 is 0.643 bits per heavy atom. The number of esters is 3. The predicted octanol–water partition coefficient (Wildman–Crippen LogP) is 3.34. The van der Waals surface area contributed by atoms with Gasteiger partial charge in [0.05, 0.1) is 6.61 Å². The average Bonchev–Trinajstić information content (AvgIpc) is 2.97. The fourth-order valence-electron chi connectivity index (χ4n) is 5.15. The van der Waals surface area contributed by atoms with Crippen molar-refractivity contribution in [2.45, 2.75) is 57.1 Å². The average molecular weight is 581 g/mol. The second-order valence-corrected chi connectivity index (χ2v) is 9.59. The molecule has 0 aliphatic carbocycles. The van der Waals surface area contributed by atoms with Crippen LogP contribution in [-0.2, 0) is 48.4 Å². The van der Waals surface area contributed by atoms with E-state index in [4.69, 9.17) is 28.4 Å². The highest BCUT2D eigenvalue weighted by molar-refractivity contribution is 5.68. The molecule has 1 fully saturated rings. The molecule has 0 saturated carbocycles. The van der Waals surface area contributed by atoms with Crippen molar-refractivity contribution in [2.75, 3.05) is 13.7 Å². The van der Waals surface area contributed by atoms with E-state index in [-0.39, 0.29) is 12.1 Å². The smallest absolute Gasteiger partial charge is 0.303 e. The van der Waals surface area contributed by atoms with Crippen LogP contribution in [-0.4, -0.2) is 67.8 Å². The van der Waals surface area contributed by atoms with E-state index in [0.29, 0.717) is 0 Å². The maximum atomic E-state index is 12.2. The highest BCUT2D eigenvalue weighted by atomic mass is 16.7. The van der Waals surface area contributed by atoms with Gasteiger partial charge in [-0.15, -0.1) is 0 Å². The van der Waals surface area contributed by atoms with Crippen molar-refractivity contribution in [1.82, 2.24) is 0 Å². The van der Waals surface area contributed by atoms with Crippen LogP contribution in [0.2, 0.25) is 0 Å². The lowest BCUT2D eigenvalue weighted by atomic mass is 9.80. The monoisotopic (exact) mass is 580 g/mol. The van der Waals surface area contributed by atoms with E-state index in [2.05, 4.69) is 0 Å². The maximum absolute atomic E-state index is 12.2. The minimum atomic E-state index is -1.22. The molecule has 5 unspecified atom stereocenters. The van der Waals surface area contributed by atoms with Crippen molar-refractivity contribution in [3.63, 3.8) is 0 Å². The lowest BCUT2D eigenvalue weighted by Gasteiger charge is -2.45. The Kier molecular flexibility index (Phi) is 11.3. The van der Waals surface area contributed by atoms with Crippen LogP contribution in [0, 0.1) is 0 Å².